The molecule has 0 saturated carbocycles. The van der Waals surface area contributed by atoms with Crippen molar-refractivity contribution in [2.45, 2.75) is 20.8 Å². The molecule has 2 aromatic heterocycles. The number of pyridine rings is 1. The van der Waals surface area contributed by atoms with Crippen molar-refractivity contribution >= 4 is 34.7 Å². The molecule has 0 fully saturated rings. The lowest BCUT2D eigenvalue weighted by Gasteiger charge is -2.11. The first-order valence-electron chi connectivity index (χ1n) is 10.9. The summed E-state index contributed by atoms with van der Waals surface area (Å²) in [6.07, 6.45) is 1.50. The van der Waals surface area contributed by atoms with Crippen LogP contribution in [0.25, 0.3) is 0 Å². The number of rotatable bonds is 8. The van der Waals surface area contributed by atoms with Gasteiger partial charge in [0.2, 0.25) is 11.8 Å². The molecule has 4 aromatic rings. The lowest BCUT2D eigenvalue weighted by Crippen LogP contribution is -2.12. The van der Waals surface area contributed by atoms with Gasteiger partial charge in [-0.05, 0) is 63.2 Å². The van der Waals surface area contributed by atoms with Crippen LogP contribution in [0, 0.1) is 13.8 Å². The number of carbonyl (C=O) groups is 1. The van der Waals surface area contributed by atoms with Gasteiger partial charge in [-0.25, -0.2) is 9.97 Å². The van der Waals surface area contributed by atoms with E-state index in [1.54, 1.807) is 12.1 Å². The van der Waals surface area contributed by atoms with Crippen LogP contribution < -0.4 is 20.7 Å². The Balaban J connectivity index is 1.39. The maximum Gasteiger partial charge on any atom is 0.257 e. The number of carbonyl (C=O) groups excluding carboxylic acids is 1. The second-order valence-corrected chi connectivity index (χ2v) is 7.68. The van der Waals surface area contributed by atoms with Crippen LogP contribution in [0.5, 0.6) is 5.88 Å². The Labute approximate surface area is 198 Å². The van der Waals surface area contributed by atoms with Crippen molar-refractivity contribution in [3.63, 3.8) is 0 Å². The van der Waals surface area contributed by atoms with Gasteiger partial charge >= 0.3 is 0 Å². The Morgan fingerprint density at radius 3 is 2.21 bits per heavy atom. The summed E-state index contributed by atoms with van der Waals surface area (Å²) in [5.74, 6) is 1.43. The Bertz CT molecular complexity index is 1260. The van der Waals surface area contributed by atoms with Gasteiger partial charge in [0.05, 0.1) is 12.2 Å². The molecule has 0 radical (unpaired) electrons. The van der Waals surface area contributed by atoms with Gasteiger partial charge < -0.3 is 20.7 Å². The van der Waals surface area contributed by atoms with E-state index in [4.69, 9.17) is 4.74 Å². The lowest BCUT2D eigenvalue weighted by atomic mass is 10.2. The molecule has 2 aromatic carbocycles. The number of hydrogen-bond donors (Lipinski definition) is 3. The largest absolute Gasteiger partial charge is 0.478 e. The molecule has 0 aliphatic heterocycles. The first kappa shape index (κ1) is 22.7. The highest BCUT2D eigenvalue weighted by Crippen LogP contribution is 2.21. The van der Waals surface area contributed by atoms with Gasteiger partial charge in [0.25, 0.3) is 5.91 Å². The third kappa shape index (κ3) is 6.07. The van der Waals surface area contributed by atoms with E-state index in [0.717, 1.165) is 17.1 Å². The molecular weight excluding hydrogens is 428 g/mol. The first-order chi connectivity index (χ1) is 16.5. The van der Waals surface area contributed by atoms with E-state index in [-0.39, 0.29) is 5.91 Å². The van der Waals surface area contributed by atoms with Crippen LogP contribution in [0.4, 0.5) is 28.8 Å². The van der Waals surface area contributed by atoms with Gasteiger partial charge in [-0.3, -0.25) is 4.79 Å². The number of aromatic nitrogens is 3. The average molecular weight is 455 g/mol. The Hall–Kier alpha value is -4.46. The number of hydrogen-bond acceptors (Lipinski definition) is 7. The number of amides is 1. The maximum atomic E-state index is 12.5. The molecule has 0 bridgehead atoms. The van der Waals surface area contributed by atoms with Crippen LogP contribution in [0.1, 0.15) is 28.5 Å². The topological polar surface area (TPSA) is 101 Å². The Kier molecular flexibility index (Phi) is 6.98. The molecule has 4 rings (SSSR count). The second-order valence-electron chi connectivity index (χ2n) is 7.68. The van der Waals surface area contributed by atoms with E-state index in [9.17, 15) is 4.79 Å². The fraction of sp³-hybridized carbons (Fsp3) is 0.154. The van der Waals surface area contributed by atoms with Crippen LogP contribution in [-0.2, 0) is 0 Å². The summed E-state index contributed by atoms with van der Waals surface area (Å²) in [5, 5.41) is 9.38. The molecule has 0 atom stereocenters. The summed E-state index contributed by atoms with van der Waals surface area (Å²) in [4.78, 5) is 25.6. The molecule has 8 heteroatoms. The molecule has 3 N–H and O–H groups in total. The molecule has 172 valence electrons. The second kappa shape index (κ2) is 10.4. The third-order valence-corrected chi connectivity index (χ3v) is 4.87. The Morgan fingerprint density at radius 2 is 1.53 bits per heavy atom. The minimum Gasteiger partial charge on any atom is -0.478 e. The molecule has 0 aliphatic carbocycles. The summed E-state index contributed by atoms with van der Waals surface area (Å²) < 4.78 is 5.31. The van der Waals surface area contributed by atoms with Gasteiger partial charge in [0.15, 0.2) is 0 Å². The molecule has 0 saturated heterocycles. The zero-order valence-corrected chi connectivity index (χ0v) is 19.3. The van der Waals surface area contributed by atoms with E-state index < -0.39 is 0 Å². The van der Waals surface area contributed by atoms with E-state index in [2.05, 4.69) is 30.9 Å². The number of aryl methyl sites for hydroxylation is 2. The molecule has 0 spiro atoms. The van der Waals surface area contributed by atoms with Gasteiger partial charge in [0, 0.05) is 41.1 Å². The maximum absolute atomic E-state index is 12.5. The summed E-state index contributed by atoms with van der Waals surface area (Å²) in [7, 11) is 0. The average Bonchev–Trinajstić information content (AvgIpc) is 2.82. The van der Waals surface area contributed by atoms with Crippen LogP contribution in [0.15, 0.2) is 72.9 Å². The fourth-order valence-electron chi connectivity index (χ4n) is 3.19. The van der Waals surface area contributed by atoms with E-state index in [1.165, 1.54) is 11.8 Å². The van der Waals surface area contributed by atoms with Crippen LogP contribution in [0.2, 0.25) is 0 Å². The van der Waals surface area contributed by atoms with Crippen molar-refractivity contribution in [3.05, 3.63) is 89.7 Å². The van der Waals surface area contributed by atoms with Crippen LogP contribution in [-0.4, -0.2) is 27.5 Å². The predicted octanol–water partition coefficient (Wildman–Crippen LogP) is 5.63. The monoisotopic (exact) mass is 454 g/mol. The number of benzene rings is 2. The van der Waals surface area contributed by atoms with Crippen molar-refractivity contribution in [3.8, 4) is 5.88 Å². The first-order valence-corrected chi connectivity index (χ1v) is 10.9. The van der Waals surface area contributed by atoms with Crippen molar-refractivity contribution in [2.24, 2.45) is 0 Å². The summed E-state index contributed by atoms with van der Waals surface area (Å²) in [6.45, 7) is 6.37. The Morgan fingerprint density at radius 1 is 0.853 bits per heavy atom. The fourth-order valence-corrected chi connectivity index (χ4v) is 3.19. The van der Waals surface area contributed by atoms with Crippen molar-refractivity contribution in [1.29, 1.82) is 0 Å². The van der Waals surface area contributed by atoms with E-state index in [0.29, 0.717) is 35.5 Å². The molecule has 0 unspecified atom stereocenters. The van der Waals surface area contributed by atoms with Gasteiger partial charge in [0.1, 0.15) is 5.82 Å². The molecule has 34 heavy (non-hydrogen) atoms. The highest BCUT2D eigenvalue weighted by atomic mass is 16.5. The number of nitrogens with one attached hydrogen (secondary N) is 3. The predicted molar refractivity (Wildman–Crippen MR) is 134 cm³/mol. The molecule has 0 aliphatic rings. The normalized spacial score (nSPS) is 10.4. The van der Waals surface area contributed by atoms with E-state index in [1.807, 2.05) is 75.4 Å². The third-order valence-electron chi connectivity index (χ3n) is 4.87. The van der Waals surface area contributed by atoms with Crippen molar-refractivity contribution < 1.29 is 9.53 Å². The quantitative estimate of drug-likeness (QED) is 0.317. The van der Waals surface area contributed by atoms with Crippen molar-refractivity contribution in [2.75, 3.05) is 22.6 Å². The van der Waals surface area contributed by atoms with Gasteiger partial charge in [-0.15, -0.1) is 0 Å². The summed E-state index contributed by atoms with van der Waals surface area (Å²) >= 11 is 0. The van der Waals surface area contributed by atoms with E-state index >= 15 is 0 Å². The van der Waals surface area contributed by atoms with Gasteiger partial charge in [-0.2, -0.15) is 4.98 Å². The number of anilines is 5. The smallest absolute Gasteiger partial charge is 0.257 e. The number of ether oxygens (including phenoxy) is 1. The summed E-state index contributed by atoms with van der Waals surface area (Å²) in [6, 6.07) is 20.7. The highest BCUT2D eigenvalue weighted by molar-refractivity contribution is 6.04. The molecule has 1 amide bonds. The summed E-state index contributed by atoms with van der Waals surface area (Å²) in [5.41, 5.74) is 4.90. The SMILES string of the molecule is CCOc1ccc(C(=O)Nc2ccc(Nc3cc(C)nc(Nc4ccc(C)cc4)n3)cc2)cn1. The number of nitrogens with zero attached hydrogens (tertiary/aromatic N) is 3. The van der Waals surface area contributed by atoms with Crippen LogP contribution in [0.3, 0.4) is 0 Å². The van der Waals surface area contributed by atoms with Crippen LogP contribution >= 0.6 is 0 Å². The minimum absolute atomic E-state index is 0.241. The zero-order chi connectivity index (χ0) is 23.9. The lowest BCUT2D eigenvalue weighted by molar-refractivity contribution is 0.102. The van der Waals surface area contributed by atoms with Crippen molar-refractivity contribution in [1.82, 2.24) is 15.0 Å². The minimum atomic E-state index is -0.241. The molecule has 8 nitrogen and oxygen atoms in total. The zero-order valence-electron chi connectivity index (χ0n) is 19.3. The molecular formula is C26H26N6O2. The van der Waals surface area contributed by atoms with Gasteiger partial charge in [-0.1, -0.05) is 17.7 Å². The standard InChI is InChI=1S/C26H26N6O2/c1-4-34-24-14-7-19(16-27-24)25(33)30-21-12-10-20(11-13-21)29-23-15-18(3)28-26(32-23)31-22-8-5-17(2)6-9-22/h5-16H,4H2,1-3H3,(H,30,33)(H2,28,29,31,32). The highest BCUT2D eigenvalue weighted by Gasteiger charge is 2.08. The molecule has 2 heterocycles.